The molecule has 4 heteroatoms. The zero-order valence-corrected chi connectivity index (χ0v) is 14.4. The van der Waals surface area contributed by atoms with E-state index in [4.69, 9.17) is 0 Å². The molecule has 3 atom stereocenters. The van der Waals surface area contributed by atoms with Crippen molar-refractivity contribution in [2.24, 2.45) is 0 Å². The van der Waals surface area contributed by atoms with E-state index in [1.807, 2.05) is 0 Å². The molecule has 0 aliphatic carbocycles. The van der Waals surface area contributed by atoms with Crippen molar-refractivity contribution in [3.8, 4) is 0 Å². The summed E-state index contributed by atoms with van der Waals surface area (Å²) >= 11 is 5.38. The van der Waals surface area contributed by atoms with Crippen LogP contribution in [0.15, 0.2) is 0 Å². The summed E-state index contributed by atoms with van der Waals surface area (Å²) in [7, 11) is 0. The van der Waals surface area contributed by atoms with Crippen LogP contribution in [-0.2, 0) is 0 Å². The molecule has 2 saturated heterocycles. The van der Waals surface area contributed by atoms with Gasteiger partial charge in [-0.05, 0) is 0 Å². The minimum absolute atomic E-state index is 0.346. The maximum atomic E-state index is 2.46. The van der Waals surface area contributed by atoms with Gasteiger partial charge in [-0.2, -0.15) is 0 Å². The van der Waals surface area contributed by atoms with Crippen LogP contribution in [-0.4, -0.2) is 58.9 Å². The molecule has 0 bridgehead atoms. The van der Waals surface area contributed by atoms with Crippen molar-refractivity contribution in [3.05, 3.63) is 0 Å². The Labute approximate surface area is 110 Å². The van der Waals surface area contributed by atoms with Gasteiger partial charge in [-0.15, -0.1) is 0 Å². The van der Waals surface area contributed by atoms with Crippen molar-refractivity contribution >= 4 is 65.4 Å². The first-order chi connectivity index (χ1) is 6.20. The molecule has 0 aromatic carbocycles. The van der Waals surface area contributed by atoms with Gasteiger partial charge in [0, 0.05) is 0 Å². The standard InChI is InChI=1S/C9H16S2Te2/c1-7-5-12-9(3-4-10-7)11-8(2)6-13-9/h7-8H,3-6H2,1-2H3. The van der Waals surface area contributed by atoms with Crippen molar-refractivity contribution < 1.29 is 0 Å². The molecule has 2 heterocycles. The van der Waals surface area contributed by atoms with Gasteiger partial charge >= 0.3 is 112 Å². The predicted molar refractivity (Wildman–Crippen MR) is 67.4 cm³/mol. The molecule has 3 unspecified atom stereocenters. The molecule has 0 saturated carbocycles. The molecule has 76 valence electrons. The van der Waals surface area contributed by atoms with Gasteiger partial charge in [0.25, 0.3) is 0 Å². The van der Waals surface area contributed by atoms with Gasteiger partial charge in [-0.25, -0.2) is 0 Å². The normalized spacial score (nSPS) is 46.6. The Balaban J connectivity index is 1.98. The minimum atomic E-state index is 0.346. The summed E-state index contributed by atoms with van der Waals surface area (Å²) in [5.74, 6) is 1.47. The van der Waals surface area contributed by atoms with E-state index in [1.54, 1.807) is 15.4 Å². The van der Waals surface area contributed by atoms with Crippen molar-refractivity contribution in [3.63, 3.8) is 0 Å². The van der Waals surface area contributed by atoms with Crippen LogP contribution >= 0.6 is 23.5 Å². The molecular formula is C9H16S2Te2. The molecule has 0 aromatic heterocycles. The average Bonchev–Trinajstić information content (AvgIpc) is 2.35. The van der Waals surface area contributed by atoms with E-state index in [2.05, 4.69) is 37.4 Å². The molecule has 2 aliphatic heterocycles. The summed E-state index contributed by atoms with van der Waals surface area (Å²) in [5, 5.41) is 2.01. The van der Waals surface area contributed by atoms with E-state index < -0.39 is 0 Å². The van der Waals surface area contributed by atoms with E-state index in [0.29, 0.717) is 41.8 Å². The van der Waals surface area contributed by atoms with Crippen molar-refractivity contribution in [2.45, 2.75) is 40.5 Å². The summed E-state index contributed by atoms with van der Waals surface area (Å²) < 4.78 is 4.20. The number of thioether (sulfide) groups is 2. The van der Waals surface area contributed by atoms with Crippen LogP contribution in [0.3, 0.4) is 0 Å². The molecule has 0 radical (unpaired) electrons. The van der Waals surface area contributed by atoms with Crippen LogP contribution in [0.2, 0.25) is 8.94 Å². The summed E-state index contributed by atoms with van der Waals surface area (Å²) in [5.41, 5.74) is 0. The molecule has 13 heavy (non-hydrogen) atoms. The van der Waals surface area contributed by atoms with Gasteiger partial charge < -0.3 is 0 Å². The first-order valence-corrected chi connectivity index (χ1v) is 12.3. The van der Waals surface area contributed by atoms with Crippen molar-refractivity contribution in [2.75, 3.05) is 5.75 Å². The number of hydrogen-bond donors (Lipinski definition) is 0. The Morgan fingerprint density at radius 3 is 2.54 bits per heavy atom. The van der Waals surface area contributed by atoms with Crippen LogP contribution in [0, 0.1) is 0 Å². The Morgan fingerprint density at radius 2 is 1.85 bits per heavy atom. The fourth-order valence-corrected chi connectivity index (χ4v) is 20.3. The summed E-state index contributed by atoms with van der Waals surface area (Å²) in [6.07, 6.45) is 1.58. The van der Waals surface area contributed by atoms with Crippen molar-refractivity contribution in [1.82, 2.24) is 0 Å². The molecule has 0 aromatic rings. The molecule has 0 nitrogen and oxygen atoms in total. The second kappa shape index (κ2) is 5.07. The predicted octanol–water partition coefficient (Wildman–Crippen LogP) is 2.55. The van der Waals surface area contributed by atoms with Crippen LogP contribution in [0.25, 0.3) is 0 Å². The molecule has 1 spiro atoms. The Hall–Kier alpha value is 2.28. The zero-order valence-electron chi connectivity index (χ0n) is 8.12. The van der Waals surface area contributed by atoms with E-state index in [9.17, 15) is 0 Å². The molecule has 2 rings (SSSR count). The summed E-state index contributed by atoms with van der Waals surface area (Å²) in [6.45, 7) is 4.90. The average molecular weight is 444 g/mol. The summed E-state index contributed by atoms with van der Waals surface area (Å²) in [4.78, 5) is 0. The maximum absolute atomic E-state index is 2.46. The topological polar surface area (TPSA) is 0 Å². The SMILES string of the molecule is CC1C[Te]C2(CCS1)SC(C)C[Te]2. The quantitative estimate of drug-likeness (QED) is 0.528. The van der Waals surface area contributed by atoms with Crippen LogP contribution in [0.1, 0.15) is 20.3 Å². The molecular weight excluding hydrogens is 427 g/mol. The third-order valence-corrected chi connectivity index (χ3v) is 21.1. The number of hydrogen-bond acceptors (Lipinski definition) is 2. The molecule has 2 fully saturated rings. The monoisotopic (exact) mass is 448 g/mol. The van der Waals surface area contributed by atoms with E-state index >= 15 is 0 Å². The van der Waals surface area contributed by atoms with Gasteiger partial charge in [0.15, 0.2) is 0 Å². The molecule has 2 aliphatic rings. The zero-order chi connectivity index (χ0) is 9.31. The van der Waals surface area contributed by atoms with Gasteiger partial charge in [0.2, 0.25) is 0 Å². The second-order valence-corrected chi connectivity index (χ2v) is 18.6. The first-order valence-electron chi connectivity index (χ1n) is 4.77. The first kappa shape index (κ1) is 11.8. The Morgan fingerprint density at radius 1 is 1.15 bits per heavy atom. The third kappa shape index (κ3) is 3.12. The fourth-order valence-electron chi connectivity index (χ4n) is 1.58. The Kier molecular flexibility index (Phi) is 4.59. The van der Waals surface area contributed by atoms with Gasteiger partial charge in [-0.1, -0.05) is 0 Å². The summed E-state index contributed by atoms with van der Waals surface area (Å²) in [6, 6.07) is 0. The van der Waals surface area contributed by atoms with Gasteiger partial charge in [0.05, 0.1) is 0 Å². The Bertz CT molecular complexity index is 186. The second-order valence-electron chi connectivity index (χ2n) is 3.66. The van der Waals surface area contributed by atoms with E-state index in [0.717, 1.165) is 11.3 Å². The van der Waals surface area contributed by atoms with Crippen LogP contribution in [0.5, 0.6) is 0 Å². The molecule has 0 N–H and O–H groups in total. The number of rotatable bonds is 0. The van der Waals surface area contributed by atoms with Crippen LogP contribution < -0.4 is 0 Å². The fraction of sp³-hybridized carbons (Fsp3) is 1.00. The van der Waals surface area contributed by atoms with Gasteiger partial charge in [-0.3, -0.25) is 0 Å². The third-order valence-electron chi connectivity index (χ3n) is 2.27. The van der Waals surface area contributed by atoms with E-state index in [1.165, 1.54) is 5.75 Å². The van der Waals surface area contributed by atoms with Crippen molar-refractivity contribution in [1.29, 1.82) is 0 Å². The van der Waals surface area contributed by atoms with Gasteiger partial charge in [0.1, 0.15) is 0 Å². The molecule has 0 amide bonds. The van der Waals surface area contributed by atoms with E-state index in [-0.39, 0.29) is 0 Å². The van der Waals surface area contributed by atoms with Crippen LogP contribution in [0.4, 0.5) is 0 Å².